The molecule has 1 aromatic carbocycles. The van der Waals surface area contributed by atoms with Gasteiger partial charge in [0.1, 0.15) is 5.82 Å². The molecule has 26 heavy (non-hydrogen) atoms. The first-order valence-electron chi connectivity index (χ1n) is 9.47. The Bertz CT molecular complexity index is 741. The highest BCUT2D eigenvalue weighted by Crippen LogP contribution is 2.39. The van der Waals surface area contributed by atoms with E-state index in [1.807, 2.05) is 23.1 Å². The van der Waals surface area contributed by atoms with Crippen molar-refractivity contribution in [2.24, 2.45) is 5.92 Å². The number of ether oxygens (including phenoxy) is 1. The average Bonchev–Trinajstić information content (AvgIpc) is 3.25. The largest absolute Gasteiger partial charge is 0.384 e. The topological polar surface area (TPSA) is 71.1 Å². The molecule has 4 rings (SSSR count). The van der Waals surface area contributed by atoms with Crippen molar-refractivity contribution in [1.29, 1.82) is 0 Å². The molecule has 0 bridgehead atoms. The van der Waals surface area contributed by atoms with Crippen molar-refractivity contribution < 1.29 is 9.53 Å². The number of H-pyrrole nitrogens is 1. The molecule has 6 heteroatoms. The lowest BCUT2D eigenvalue weighted by atomic mass is 9.96. The normalized spacial score (nSPS) is 22.7. The first kappa shape index (κ1) is 17.2. The zero-order valence-electron chi connectivity index (χ0n) is 15.2. The lowest BCUT2D eigenvalue weighted by molar-refractivity contribution is -0.130. The monoisotopic (exact) mass is 354 g/mol. The first-order chi connectivity index (χ1) is 12.7. The summed E-state index contributed by atoms with van der Waals surface area (Å²) in [5.41, 5.74) is 1.20. The molecule has 1 saturated heterocycles. The molecule has 0 radical (unpaired) electrons. The molecule has 2 aromatic rings. The predicted molar refractivity (Wildman–Crippen MR) is 97.8 cm³/mol. The smallest absolute Gasteiger partial charge is 0.222 e. The number of nitrogens with zero attached hydrogens (tertiary/aromatic N) is 3. The van der Waals surface area contributed by atoms with Gasteiger partial charge in [-0.3, -0.25) is 9.89 Å². The van der Waals surface area contributed by atoms with Gasteiger partial charge in [-0.2, -0.15) is 5.10 Å². The summed E-state index contributed by atoms with van der Waals surface area (Å²) in [4.78, 5) is 19.4. The summed E-state index contributed by atoms with van der Waals surface area (Å²) >= 11 is 0. The van der Waals surface area contributed by atoms with E-state index in [1.165, 1.54) is 18.4 Å². The number of carbonyl (C=O) groups is 1. The van der Waals surface area contributed by atoms with E-state index in [1.54, 1.807) is 7.11 Å². The Morgan fingerprint density at radius 2 is 2.08 bits per heavy atom. The maximum Gasteiger partial charge on any atom is 0.222 e. The number of nitrogens with one attached hydrogen (secondary N) is 1. The minimum atomic E-state index is 0.177. The van der Waals surface area contributed by atoms with Crippen molar-refractivity contribution in [2.45, 2.75) is 37.5 Å². The van der Waals surface area contributed by atoms with E-state index in [4.69, 9.17) is 9.72 Å². The van der Waals surface area contributed by atoms with Crippen LogP contribution in [0.4, 0.5) is 0 Å². The van der Waals surface area contributed by atoms with Gasteiger partial charge >= 0.3 is 0 Å². The van der Waals surface area contributed by atoms with Gasteiger partial charge in [0.15, 0.2) is 5.82 Å². The Balaban J connectivity index is 1.40. The van der Waals surface area contributed by atoms with Crippen LogP contribution >= 0.6 is 0 Å². The second kappa shape index (κ2) is 7.58. The fourth-order valence-electron chi connectivity index (χ4n) is 3.80. The number of rotatable bonds is 7. The summed E-state index contributed by atoms with van der Waals surface area (Å²) in [6, 6.07) is 10.2. The van der Waals surface area contributed by atoms with Crippen molar-refractivity contribution in [2.75, 3.05) is 26.8 Å². The number of benzene rings is 1. The molecule has 0 spiro atoms. The van der Waals surface area contributed by atoms with Crippen LogP contribution in [0.15, 0.2) is 30.3 Å². The lowest BCUT2D eigenvalue weighted by Gasteiger charge is -2.16. The summed E-state index contributed by atoms with van der Waals surface area (Å²) in [5.74, 6) is 3.03. The van der Waals surface area contributed by atoms with Gasteiger partial charge in [0.05, 0.1) is 6.61 Å². The maximum atomic E-state index is 12.7. The van der Waals surface area contributed by atoms with E-state index >= 15 is 0 Å². The summed E-state index contributed by atoms with van der Waals surface area (Å²) in [6.07, 6.45) is 3.70. The highest BCUT2D eigenvalue weighted by molar-refractivity contribution is 5.77. The quantitative estimate of drug-likeness (QED) is 0.829. The summed E-state index contributed by atoms with van der Waals surface area (Å²) in [7, 11) is 1.72. The third kappa shape index (κ3) is 3.80. The number of aromatic nitrogens is 3. The van der Waals surface area contributed by atoms with Gasteiger partial charge in [0.2, 0.25) is 5.91 Å². The Morgan fingerprint density at radius 3 is 2.81 bits per heavy atom. The molecular formula is C20H26N4O2. The average molecular weight is 354 g/mol. The molecule has 1 aliphatic heterocycles. The Hall–Kier alpha value is -2.21. The highest BCUT2D eigenvalue weighted by atomic mass is 16.5. The van der Waals surface area contributed by atoms with Crippen molar-refractivity contribution in [3.63, 3.8) is 0 Å². The van der Waals surface area contributed by atoms with Gasteiger partial charge in [-0.1, -0.05) is 30.3 Å². The first-order valence-corrected chi connectivity index (χ1v) is 9.47. The van der Waals surface area contributed by atoms with Crippen LogP contribution in [0.3, 0.4) is 0 Å². The van der Waals surface area contributed by atoms with Crippen LogP contribution in [0.2, 0.25) is 0 Å². The molecular weight excluding hydrogens is 328 g/mol. The van der Waals surface area contributed by atoms with Crippen molar-refractivity contribution in [1.82, 2.24) is 20.1 Å². The number of aromatic amines is 1. The van der Waals surface area contributed by atoms with Gasteiger partial charge in [-0.25, -0.2) is 4.98 Å². The summed E-state index contributed by atoms with van der Waals surface area (Å²) in [6.45, 7) is 2.05. The van der Waals surface area contributed by atoms with Crippen LogP contribution in [0.1, 0.15) is 48.3 Å². The van der Waals surface area contributed by atoms with Crippen LogP contribution < -0.4 is 0 Å². The Kier molecular flexibility index (Phi) is 5.02. The lowest BCUT2D eigenvalue weighted by Crippen LogP contribution is -2.29. The van der Waals surface area contributed by atoms with Gasteiger partial charge in [0.25, 0.3) is 0 Å². The van der Waals surface area contributed by atoms with Crippen LogP contribution in [-0.4, -0.2) is 52.8 Å². The van der Waals surface area contributed by atoms with Gasteiger partial charge in [0, 0.05) is 44.4 Å². The van der Waals surface area contributed by atoms with Crippen LogP contribution in [-0.2, 0) is 16.0 Å². The number of hydrogen-bond acceptors (Lipinski definition) is 4. The maximum absolute atomic E-state index is 12.7. The predicted octanol–water partition coefficient (Wildman–Crippen LogP) is 2.50. The molecule has 0 unspecified atom stereocenters. The van der Waals surface area contributed by atoms with E-state index < -0.39 is 0 Å². The number of hydrogen-bond donors (Lipinski definition) is 1. The minimum absolute atomic E-state index is 0.177. The Morgan fingerprint density at radius 1 is 1.27 bits per heavy atom. The van der Waals surface area contributed by atoms with Gasteiger partial charge in [-0.15, -0.1) is 0 Å². The molecule has 1 N–H and O–H groups in total. The molecule has 138 valence electrons. The number of carbonyl (C=O) groups excluding carboxylic acids is 1. The zero-order chi connectivity index (χ0) is 17.9. The summed E-state index contributed by atoms with van der Waals surface area (Å²) < 4.78 is 5.40. The minimum Gasteiger partial charge on any atom is -0.384 e. The number of methoxy groups -OCH3 is 1. The SMILES string of the molecule is COC[C@@H]1CN(C(=O)CCc2ccccc2)C[C@H]1c1nc(C2CC2)n[nH]1. The number of likely N-dealkylation sites (tertiary alicyclic amines) is 1. The number of aryl methyl sites for hydroxylation is 1. The molecule has 2 fully saturated rings. The van der Waals surface area contributed by atoms with Crippen molar-refractivity contribution >= 4 is 5.91 Å². The summed E-state index contributed by atoms with van der Waals surface area (Å²) in [5, 5.41) is 7.50. The van der Waals surface area contributed by atoms with E-state index in [0.717, 1.165) is 24.6 Å². The van der Waals surface area contributed by atoms with E-state index in [0.29, 0.717) is 25.5 Å². The van der Waals surface area contributed by atoms with Gasteiger partial charge in [-0.05, 0) is 24.8 Å². The van der Waals surface area contributed by atoms with Crippen LogP contribution in [0.5, 0.6) is 0 Å². The fraction of sp³-hybridized carbons (Fsp3) is 0.550. The second-order valence-corrected chi connectivity index (χ2v) is 7.46. The Labute approximate surface area is 154 Å². The zero-order valence-corrected chi connectivity index (χ0v) is 15.2. The molecule has 1 aliphatic carbocycles. The molecule has 6 nitrogen and oxygen atoms in total. The molecule has 1 saturated carbocycles. The van der Waals surface area contributed by atoms with Crippen LogP contribution in [0, 0.1) is 5.92 Å². The standard InChI is InChI=1S/C20H26N4O2/c1-26-13-16-11-24(18(25)10-7-14-5-3-2-4-6-14)12-17(16)20-21-19(22-23-20)15-8-9-15/h2-6,15-17H,7-13H2,1H3,(H,21,22,23)/t16-,17+/m0/s1. The van der Waals surface area contributed by atoms with Crippen molar-refractivity contribution in [3.05, 3.63) is 47.5 Å². The molecule has 2 heterocycles. The van der Waals surface area contributed by atoms with Crippen molar-refractivity contribution in [3.8, 4) is 0 Å². The molecule has 2 atom stereocenters. The molecule has 1 aromatic heterocycles. The highest BCUT2D eigenvalue weighted by Gasteiger charge is 2.38. The fourth-order valence-corrected chi connectivity index (χ4v) is 3.80. The van der Waals surface area contributed by atoms with Gasteiger partial charge < -0.3 is 9.64 Å². The van der Waals surface area contributed by atoms with Crippen LogP contribution in [0.25, 0.3) is 0 Å². The molecule has 1 amide bonds. The second-order valence-electron chi connectivity index (χ2n) is 7.46. The molecule has 2 aliphatic rings. The van der Waals surface area contributed by atoms with E-state index in [-0.39, 0.29) is 17.7 Å². The third-order valence-electron chi connectivity index (χ3n) is 5.46. The van der Waals surface area contributed by atoms with E-state index in [9.17, 15) is 4.79 Å². The van der Waals surface area contributed by atoms with E-state index in [2.05, 4.69) is 22.3 Å². The number of amides is 1. The third-order valence-corrected chi connectivity index (χ3v) is 5.46.